The Labute approximate surface area is 147 Å². The molecule has 1 aliphatic rings. The highest BCUT2D eigenvalue weighted by atomic mass is 16.5. The second-order valence-corrected chi connectivity index (χ2v) is 6.04. The fourth-order valence-electron chi connectivity index (χ4n) is 2.70. The number of amides is 2. The summed E-state index contributed by atoms with van der Waals surface area (Å²) in [5, 5.41) is 14.9. The summed E-state index contributed by atoms with van der Waals surface area (Å²) in [4.78, 5) is 25.3. The number of nitrogens with zero attached hydrogens (tertiary/aromatic N) is 2. The number of morpholine rings is 1. The molecule has 2 unspecified atom stereocenters. The minimum absolute atomic E-state index is 0.0197. The molecule has 2 rings (SSSR count). The maximum absolute atomic E-state index is 12.5. The molecule has 0 bridgehead atoms. The van der Waals surface area contributed by atoms with E-state index in [-0.39, 0.29) is 29.6 Å². The summed E-state index contributed by atoms with van der Waals surface area (Å²) in [5.74, 6) is -0.494. The van der Waals surface area contributed by atoms with Gasteiger partial charge in [-0.05, 0) is 32.0 Å². The Bertz CT molecular complexity index is 713. The van der Waals surface area contributed by atoms with Crippen molar-refractivity contribution in [3.05, 3.63) is 36.0 Å². The Balaban J connectivity index is 2.08. The van der Waals surface area contributed by atoms with Gasteiger partial charge >= 0.3 is 0 Å². The molecule has 7 nitrogen and oxygen atoms in total. The zero-order valence-electron chi connectivity index (χ0n) is 14.6. The molecule has 0 aliphatic carbocycles. The average molecular weight is 342 g/mol. The summed E-state index contributed by atoms with van der Waals surface area (Å²) in [6.45, 7) is 6.14. The molecule has 25 heavy (non-hydrogen) atoms. The molecule has 1 heterocycles. The lowest BCUT2D eigenvalue weighted by molar-refractivity contribution is -0.138. The zero-order chi connectivity index (χ0) is 18.4. The van der Waals surface area contributed by atoms with Gasteiger partial charge in [-0.1, -0.05) is 6.07 Å². The van der Waals surface area contributed by atoms with Crippen molar-refractivity contribution in [2.75, 3.05) is 23.7 Å². The van der Waals surface area contributed by atoms with Gasteiger partial charge in [0, 0.05) is 37.6 Å². The molecule has 1 aromatic carbocycles. The van der Waals surface area contributed by atoms with E-state index in [2.05, 4.69) is 10.6 Å². The SMILES string of the molecule is CC(=O)Nc1cccc(N/C=C(/C#N)C(=O)N2CC(C)OC(C)C2)c1. The van der Waals surface area contributed by atoms with Crippen LogP contribution in [0.5, 0.6) is 0 Å². The molecule has 0 radical (unpaired) electrons. The van der Waals surface area contributed by atoms with Gasteiger partial charge in [0.05, 0.1) is 12.2 Å². The highest BCUT2D eigenvalue weighted by molar-refractivity contribution is 5.97. The average Bonchev–Trinajstić information content (AvgIpc) is 2.54. The van der Waals surface area contributed by atoms with Crippen molar-refractivity contribution in [2.45, 2.75) is 33.0 Å². The van der Waals surface area contributed by atoms with Crippen molar-refractivity contribution in [2.24, 2.45) is 0 Å². The highest BCUT2D eigenvalue weighted by Gasteiger charge is 2.27. The lowest BCUT2D eigenvalue weighted by Gasteiger charge is -2.35. The number of carbonyl (C=O) groups is 2. The van der Waals surface area contributed by atoms with Crippen LogP contribution in [0.25, 0.3) is 0 Å². The molecular weight excluding hydrogens is 320 g/mol. The molecule has 1 aromatic rings. The number of carbonyl (C=O) groups excluding carboxylic acids is 2. The van der Waals surface area contributed by atoms with Gasteiger partial charge in [0.1, 0.15) is 11.6 Å². The van der Waals surface area contributed by atoms with E-state index >= 15 is 0 Å². The van der Waals surface area contributed by atoms with Crippen LogP contribution in [-0.2, 0) is 14.3 Å². The van der Waals surface area contributed by atoms with Crippen molar-refractivity contribution >= 4 is 23.2 Å². The van der Waals surface area contributed by atoms with E-state index in [0.29, 0.717) is 24.5 Å². The number of anilines is 2. The van der Waals surface area contributed by atoms with Crippen molar-refractivity contribution < 1.29 is 14.3 Å². The lowest BCUT2D eigenvalue weighted by Crippen LogP contribution is -2.48. The van der Waals surface area contributed by atoms with Crippen LogP contribution in [0.2, 0.25) is 0 Å². The van der Waals surface area contributed by atoms with Crippen molar-refractivity contribution in [1.82, 2.24) is 4.90 Å². The molecular formula is C18H22N4O3. The Hall–Kier alpha value is -2.85. The largest absolute Gasteiger partial charge is 0.372 e. The van der Waals surface area contributed by atoms with E-state index < -0.39 is 0 Å². The Morgan fingerprint density at radius 1 is 1.28 bits per heavy atom. The quantitative estimate of drug-likeness (QED) is 0.645. The topological polar surface area (TPSA) is 94.5 Å². The monoisotopic (exact) mass is 342 g/mol. The first-order valence-corrected chi connectivity index (χ1v) is 8.08. The molecule has 0 spiro atoms. The van der Waals surface area contributed by atoms with E-state index in [1.54, 1.807) is 29.2 Å². The van der Waals surface area contributed by atoms with E-state index in [4.69, 9.17) is 4.74 Å². The standard InChI is InChI=1S/C18H22N4O3/c1-12-10-22(11-13(2)25-12)18(24)15(8-19)9-20-16-5-4-6-17(7-16)21-14(3)23/h4-7,9,12-13,20H,10-11H2,1-3H3,(H,21,23)/b15-9-. The third-order valence-corrected chi connectivity index (χ3v) is 3.62. The molecule has 1 fully saturated rings. The lowest BCUT2D eigenvalue weighted by atomic mass is 10.2. The first-order chi connectivity index (χ1) is 11.9. The molecule has 1 saturated heterocycles. The summed E-state index contributed by atoms with van der Waals surface area (Å²) in [7, 11) is 0. The van der Waals surface area contributed by atoms with Crippen LogP contribution >= 0.6 is 0 Å². The molecule has 0 saturated carbocycles. The number of rotatable bonds is 4. The third kappa shape index (κ3) is 5.33. The first-order valence-electron chi connectivity index (χ1n) is 8.08. The fourth-order valence-corrected chi connectivity index (χ4v) is 2.70. The molecule has 132 valence electrons. The predicted octanol–water partition coefficient (Wildman–Crippen LogP) is 2.10. The van der Waals surface area contributed by atoms with Crippen LogP contribution in [0.3, 0.4) is 0 Å². The highest BCUT2D eigenvalue weighted by Crippen LogP contribution is 2.17. The summed E-state index contributed by atoms with van der Waals surface area (Å²) in [5.41, 5.74) is 1.31. The molecule has 1 aliphatic heterocycles. The Morgan fingerprint density at radius 2 is 1.92 bits per heavy atom. The smallest absolute Gasteiger partial charge is 0.266 e. The molecule has 7 heteroatoms. The maximum Gasteiger partial charge on any atom is 0.266 e. The summed E-state index contributed by atoms with van der Waals surface area (Å²) in [6, 6.07) is 8.96. The van der Waals surface area contributed by atoms with Gasteiger partial charge in [-0.15, -0.1) is 0 Å². The summed E-state index contributed by atoms with van der Waals surface area (Å²) in [6.07, 6.45) is 1.27. The number of ether oxygens (including phenoxy) is 1. The van der Waals surface area contributed by atoms with Crippen LogP contribution < -0.4 is 10.6 Å². The summed E-state index contributed by atoms with van der Waals surface area (Å²) >= 11 is 0. The van der Waals surface area contributed by atoms with Crippen LogP contribution in [-0.4, -0.2) is 42.0 Å². The Kier molecular flexibility index (Phi) is 6.14. The molecule has 2 amide bonds. The number of hydrogen-bond acceptors (Lipinski definition) is 5. The van der Waals surface area contributed by atoms with Gasteiger partial charge in [0.15, 0.2) is 0 Å². The second-order valence-electron chi connectivity index (χ2n) is 6.04. The van der Waals surface area contributed by atoms with Crippen molar-refractivity contribution in [3.8, 4) is 6.07 Å². The maximum atomic E-state index is 12.5. The fraction of sp³-hybridized carbons (Fsp3) is 0.389. The van der Waals surface area contributed by atoms with Gasteiger partial charge in [0.25, 0.3) is 5.91 Å². The Morgan fingerprint density at radius 3 is 2.52 bits per heavy atom. The van der Waals surface area contributed by atoms with E-state index in [9.17, 15) is 14.9 Å². The first kappa shape index (κ1) is 18.5. The van der Waals surface area contributed by atoms with Gasteiger partial charge in [-0.25, -0.2) is 0 Å². The van der Waals surface area contributed by atoms with Crippen molar-refractivity contribution in [3.63, 3.8) is 0 Å². The van der Waals surface area contributed by atoms with Gasteiger partial charge in [-0.3, -0.25) is 9.59 Å². The third-order valence-electron chi connectivity index (χ3n) is 3.62. The minimum Gasteiger partial charge on any atom is -0.372 e. The zero-order valence-corrected chi connectivity index (χ0v) is 14.6. The second kappa shape index (κ2) is 8.31. The molecule has 2 atom stereocenters. The van der Waals surface area contributed by atoms with Gasteiger partial charge < -0.3 is 20.3 Å². The number of nitriles is 1. The normalized spacial score (nSPS) is 20.6. The van der Waals surface area contributed by atoms with Crippen LogP contribution in [0.15, 0.2) is 36.0 Å². The van der Waals surface area contributed by atoms with Crippen LogP contribution in [0.4, 0.5) is 11.4 Å². The molecule has 2 N–H and O–H groups in total. The predicted molar refractivity (Wildman–Crippen MR) is 94.7 cm³/mol. The number of nitrogens with one attached hydrogen (secondary N) is 2. The van der Waals surface area contributed by atoms with E-state index in [1.807, 2.05) is 19.9 Å². The van der Waals surface area contributed by atoms with Crippen LogP contribution in [0.1, 0.15) is 20.8 Å². The van der Waals surface area contributed by atoms with E-state index in [1.165, 1.54) is 13.1 Å². The van der Waals surface area contributed by atoms with Crippen molar-refractivity contribution in [1.29, 1.82) is 5.26 Å². The molecule has 0 aromatic heterocycles. The number of benzene rings is 1. The van der Waals surface area contributed by atoms with E-state index in [0.717, 1.165) is 0 Å². The van der Waals surface area contributed by atoms with Gasteiger partial charge in [-0.2, -0.15) is 5.26 Å². The van der Waals surface area contributed by atoms with Gasteiger partial charge in [0.2, 0.25) is 5.91 Å². The minimum atomic E-state index is -0.324. The summed E-state index contributed by atoms with van der Waals surface area (Å²) < 4.78 is 5.61. The van der Waals surface area contributed by atoms with Crippen LogP contribution in [0, 0.1) is 11.3 Å². The number of hydrogen-bond donors (Lipinski definition) is 2.